The molecule has 0 aliphatic heterocycles. The van der Waals surface area contributed by atoms with Crippen molar-refractivity contribution in [3.8, 4) is 0 Å². The largest absolute Gasteiger partial charge is 0.471 e. The summed E-state index contributed by atoms with van der Waals surface area (Å²) in [7, 11) is 0. The predicted molar refractivity (Wildman–Crippen MR) is 46.4 cm³/mol. The highest BCUT2D eigenvalue weighted by Gasteiger charge is 2.38. The molecule has 0 saturated carbocycles. The van der Waals surface area contributed by atoms with Crippen LogP contribution >= 0.6 is 15.9 Å². The highest BCUT2D eigenvalue weighted by molar-refractivity contribution is 9.11. The summed E-state index contributed by atoms with van der Waals surface area (Å²) in [6.07, 6.45) is -3.81. The van der Waals surface area contributed by atoms with Gasteiger partial charge in [-0.1, -0.05) is 22.5 Å². The lowest BCUT2D eigenvalue weighted by Crippen LogP contribution is -2.37. The van der Waals surface area contributed by atoms with E-state index in [1.54, 1.807) is 5.32 Å². The molecule has 6 heteroatoms. The molecule has 0 aromatic rings. The van der Waals surface area contributed by atoms with Crippen LogP contribution in [0, 0.1) is 0 Å². The average molecular weight is 260 g/mol. The Balaban J connectivity index is 3.55. The molecule has 13 heavy (non-hydrogen) atoms. The van der Waals surface area contributed by atoms with Gasteiger partial charge in [0.2, 0.25) is 0 Å². The van der Waals surface area contributed by atoms with Gasteiger partial charge in [-0.15, -0.1) is 0 Å². The number of amides is 1. The van der Waals surface area contributed by atoms with Crippen LogP contribution in [0.15, 0.2) is 11.1 Å². The van der Waals surface area contributed by atoms with Crippen LogP contribution in [0.1, 0.15) is 12.8 Å². The molecule has 0 saturated heterocycles. The van der Waals surface area contributed by atoms with Gasteiger partial charge >= 0.3 is 12.1 Å². The molecule has 76 valence electrons. The molecule has 0 aromatic carbocycles. The van der Waals surface area contributed by atoms with Gasteiger partial charge in [0.25, 0.3) is 0 Å². The van der Waals surface area contributed by atoms with E-state index < -0.39 is 12.1 Å². The maximum Gasteiger partial charge on any atom is 0.471 e. The first kappa shape index (κ1) is 12.5. The Hall–Kier alpha value is -0.520. The van der Waals surface area contributed by atoms with Gasteiger partial charge in [0.1, 0.15) is 0 Å². The summed E-state index contributed by atoms with van der Waals surface area (Å²) in [6, 6.07) is 0. The summed E-state index contributed by atoms with van der Waals surface area (Å²) >= 11 is 3.05. The second-order valence-corrected chi connectivity index (χ2v) is 3.50. The highest BCUT2D eigenvalue weighted by Crippen LogP contribution is 2.14. The summed E-state index contributed by atoms with van der Waals surface area (Å²) in [4.78, 5) is 10.2. The average Bonchev–Trinajstić information content (AvgIpc) is 1.95. The van der Waals surface area contributed by atoms with Crippen LogP contribution in [0.3, 0.4) is 0 Å². The SMILES string of the molecule is C=C(Br)CCCNC(=O)C(F)(F)F. The summed E-state index contributed by atoms with van der Waals surface area (Å²) in [5.41, 5.74) is 0. The summed E-state index contributed by atoms with van der Waals surface area (Å²) in [5.74, 6) is -1.90. The second kappa shape index (κ2) is 5.26. The van der Waals surface area contributed by atoms with Crippen molar-refractivity contribution in [3.05, 3.63) is 11.1 Å². The molecule has 0 unspecified atom stereocenters. The zero-order valence-electron chi connectivity index (χ0n) is 6.75. The van der Waals surface area contributed by atoms with Gasteiger partial charge in [-0.05, 0) is 17.3 Å². The Morgan fingerprint density at radius 3 is 2.38 bits per heavy atom. The van der Waals surface area contributed by atoms with Crippen molar-refractivity contribution in [2.75, 3.05) is 6.54 Å². The van der Waals surface area contributed by atoms with E-state index in [4.69, 9.17) is 0 Å². The van der Waals surface area contributed by atoms with Gasteiger partial charge < -0.3 is 5.32 Å². The zero-order chi connectivity index (χ0) is 10.5. The van der Waals surface area contributed by atoms with Crippen molar-refractivity contribution < 1.29 is 18.0 Å². The van der Waals surface area contributed by atoms with Crippen molar-refractivity contribution >= 4 is 21.8 Å². The fourth-order valence-corrected chi connectivity index (χ4v) is 0.863. The lowest BCUT2D eigenvalue weighted by molar-refractivity contribution is -0.173. The Labute approximate surface area is 82.3 Å². The van der Waals surface area contributed by atoms with Gasteiger partial charge in [-0.3, -0.25) is 4.79 Å². The fourth-order valence-electron chi connectivity index (χ4n) is 0.582. The van der Waals surface area contributed by atoms with E-state index >= 15 is 0 Å². The molecule has 0 rings (SSSR count). The van der Waals surface area contributed by atoms with E-state index in [2.05, 4.69) is 22.5 Å². The number of hydrogen-bond donors (Lipinski definition) is 1. The number of carbonyl (C=O) groups excluding carboxylic acids is 1. The van der Waals surface area contributed by atoms with Gasteiger partial charge in [-0.2, -0.15) is 13.2 Å². The predicted octanol–water partition coefficient (Wildman–Crippen LogP) is 2.35. The molecular formula is C7H9BrF3NO. The Morgan fingerprint density at radius 1 is 1.46 bits per heavy atom. The topological polar surface area (TPSA) is 29.1 Å². The maximum absolute atomic E-state index is 11.6. The van der Waals surface area contributed by atoms with E-state index in [1.165, 1.54) is 0 Å². The van der Waals surface area contributed by atoms with Crippen LogP contribution in [-0.2, 0) is 4.79 Å². The summed E-state index contributed by atoms with van der Waals surface area (Å²) < 4.78 is 35.5. The molecule has 0 heterocycles. The highest BCUT2D eigenvalue weighted by atomic mass is 79.9. The number of rotatable bonds is 4. The lowest BCUT2D eigenvalue weighted by atomic mass is 10.3. The van der Waals surface area contributed by atoms with Gasteiger partial charge in [0, 0.05) is 6.54 Å². The van der Waals surface area contributed by atoms with Gasteiger partial charge in [0.15, 0.2) is 0 Å². The van der Waals surface area contributed by atoms with Crippen LogP contribution in [0.25, 0.3) is 0 Å². The normalized spacial score (nSPS) is 11.1. The molecule has 0 spiro atoms. The number of halogens is 4. The lowest BCUT2D eigenvalue weighted by Gasteiger charge is -2.06. The Bertz CT molecular complexity index is 202. The van der Waals surface area contributed by atoms with Crippen molar-refractivity contribution in [1.29, 1.82) is 0 Å². The minimum Gasteiger partial charge on any atom is -0.348 e. The van der Waals surface area contributed by atoms with Gasteiger partial charge in [-0.25, -0.2) is 0 Å². The smallest absolute Gasteiger partial charge is 0.348 e. The quantitative estimate of drug-likeness (QED) is 0.772. The third kappa shape index (κ3) is 6.62. The van der Waals surface area contributed by atoms with Crippen LogP contribution in [0.2, 0.25) is 0 Å². The summed E-state index contributed by atoms with van der Waals surface area (Å²) in [5, 5.41) is 1.75. The molecule has 0 fully saturated rings. The molecule has 0 bridgehead atoms. The number of nitrogens with one attached hydrogen (secondary N) is 1. The molecule has 0 radical (unpaired) electrons. The monoisotopic (exact) mass is 259 g/mol. The minimum atomic E-state index is -4.79. The molecular weight excluding hydrogens is 251 g/mol. The van der Waals surface area contributed by atoms with Gasteiger partial charge in [0.05, 0.1) is 0 Å². The van der Waals surface area contributed by atoms with E-state index in [0.717, 1.165) is 0 Å². The minimum absolute atomic E-state index is 0.00294. The number of alkyl halides is 3. The molecule has 0 aliphatic rings. The van der Waals surface area contributed by atoms with Crippen LogP contribution in [0.4, 0.5) is 13.2 Å². The first-order valence-corrected chi connectivity index (χ1v) is 4.31. The first-order valence-electron chi connectivity index (χ1n) is 3.52. The standard InChI is InChI=1S/C7H9BrF3NO/c1-5(8)3-2-4-12-6(13)7(9,10)11/h1-4H2,(H,12,13). The van der Waals surface area contributed by atoms with E-state index in [9.17, 15) is 18.0 Å². The molecule has 0 atom stereocenters. The molecule has 1 N–H and O–H groups in total. The van der Waals surface area contributed by atoms with E-state index in [1.807, 2.05) is 0 Å². The molecule has 2 nitrogen and oxygen atoms in total. The Kier molecular flexibility index (Phi) is 5.05. The molecule has 1 amide bonds. The van der Waals surface area contributed by atoms with E-state index in [0.29, 0.717) is 17.3 Å². The van der Waals surface area contributed by atoms with Crippen LogP contribution in [-0.4, -0.2) is 18.6 Å². The second-order valence-electron chi connectivity index (χ2n) is 2.37. The Morgan fingerprint density at radius 2 is 2.00 bits per heavy atom. The third-order valence-electron chi connectivity index (χ3n) is 1.17. The van der Waals surface area contributed by atoms with Crippen molar-refractivity contribution in [2.24, 2.45) is 0 Å². The number of allylic oxidation sites excluding steroid dienone is 1. The van der Waals surface area contributed by atoms with Crippen molar-refractivity contribution in [3.63, 3.8) is 0 Å². The third-order valence-corrected chi connectivity index (χ3v) is 1.56. The number of hydrogen-bond acceptors (Lipinski definition) is 1. The zero-order valence-corrected chi connectivity index (χ0v) is 8.33. The fraction of sp³-hybridized carbons (Fsp3) is 0.571. The summed E-state index contributed by atoms with van der Waals surface area (Å²) in [6.45, 7) is 3.51. The first-order chi connectivity index (χ1) is 5.84. The van der Waals surface area contributed by atoms with Crippen molar-refractivity contribution in [1.82, 2.24) is 5.32 Å². The molecule has 0 aliphatic carbocycles. The van der Waals surface area contributed by atoms with E-state index in [-0.39, 0.29) is 6.54 Å². The maximum atomic E-state index is 11.6. The van der Waals surface area contributed by atoms with Crippen molar-refractivity contribution in [2.45, 2.75) is 19.0 Å². The van der Waals surface area contributed by atoms with Crippen LogP contribution in [0.5, 0.6) is 0 Å². The van der Waals surface area contributed by atoms with Crippen LogP contribution < -0.4 is 5.32 Å². The molecule has 0 aromatic heterocycles. The number of carbonyl (C=O) groups is 1.